The fourth-order valence-corrected chi connectivity index (χ4v) is 2.79. The first-order chi connectivity index (χ1) is 10.5. The first-order valence-electron chi connectivity index (χ1n) is 7.59. The Morgan fingerprint density at radius 1 is 0.727 bits per heavy atom. The van der Waals surface area contributed by atoms with E-state index >= 15 is 0 Å². The van der Waals surface area contributed by atoms with Gasteiger partial charge in [-0.05, 0) is 49.9 Å². The average Bonchev–Trinajstić information content (AvgIpc) is 3.05. The molecule has 0 saturated carbocycles. The van der Waals surface area contributed by atoms with E-state index in [0.29, 0.717) is 0 Å². The molecule has 0 bridgehead atoms. The van der Waals surface area contributed by atoms with E-state index in [1.807, 2.05) is 38.6 Å². The van der Waals surface area contributed by atoms with E-state index in [1.54, 1.807) is 0 Å². The zero-order valence-corrected chi connectivity index (χ0v) is 13.7. The summed E-state index contributed by atoms with van der Waals surface area (Å²) in [4.78, 5) is 8.59. The molecule has 0 radical (unpaired) electrons. The summed E-state index contributed by atoms with van der Waals surface area (Å²) in [6.45, 7) is 10.2. The third-order valence-corrected chi connectivity index (χ3v) is 4.32. The van der Waals surface area contributed by atoms with Crippen molar-refractivity contribution in [2.45, 2.75) is 40.8 Å². The highest BCUT2D eigenvalue weighted by atomic mass is 15.1. The van der Waals surface area contributed by atoms with Crippen LogP contribution in [0.4, 0.5) is 0 Å². The minimum Gasteiger partial charge on any atom is -0.331 e. The number of hydrogen-bond donors (Lipinski definition) is 0. The zero-order chi connectivity index (χ0) is 15.7. The molecule has 2 heterocycles. The summed E-state index contributed by atoms with van der Waals surface area (Å²) in [5.74, 6) is 2.10. The summed E-state index contributed by atoms with van der Waals surface area (Å²) in [7, 11) is 0. The summed E-state index contributed by atoms with van der Waals surface area (Å²) in [5, 5.41) is 0. The van der Waals surface area contributed by atoms with Gasteiger partial charge in [-0.3, -0.25) is 0 Å². The molecule has 3 rings (SSSR count). The largest absolute Gasteiger partial charge is 0.331 e. The van der Waals surface area contributed by atoms with Crippen LogP contribution < -0.4 is 0 Å². The standard InChI is InChI=1S/C18H22N4/c1-13-9-18(12-22-8-6-20-16(22)4)14(2)10-17(13)11-21-7-5-19-15(21)3/h5-10H,11-12H2,1-4H3. The first kappa shape index (κ1) is 14.6. The molecule has 114 valence electrons. The zero-order valence-electron chi connectivity index (χ0n) is 13.7. The molecule has 4 heteroatoms. The molecule has 0 aliphatic heterocycles. The van der Waals surface area contributed by atoms with Gasteiger partial charge in [-0.2, -0.15) is 0 Å². The Morgan fingerprint density at radius 3 is 1.45 bits per heavy atom. The summed E-state index contributed by atoms with van der Waals surface area (Å²) in [6.07, 6.45) is 7.78. The van der Waals surface area contributed by atoms with E-state index in [4.69, 9.17) is 0 Å². The molecular formula is C18H22N4. The second-order valence-electron chi connectivity index (χ2n) is 5.91. The molecular weight excluding hydrogens is 272 g/mol. The third-order valence-electron chi connectivity index (χ3n) is 4.32. The summed E-state index contributed by atoms with van der Waals surface area (Å²) >= 11 is 0. The van der Waals surface area contributed by atoms with Crippen molar-refractivity contribution in [3.8, 4) is 0 Å². The fraction of sp³-hybridized carbons (Fsp3) is 0.333. The molecule has 3 aromatic rings. The number of aromatic nitrogens is 4. The molecule has 0 aliphatic rings. The van der Waals surface area contributed by atoms with Crippen molar-refractivity contribution in [2.75, 3.05) is 0 Å². The van der Waals surface area contributed by atoms with Crippen molar-refractivity contribution in [1.29, 1.82) is 0 Å². The number of benzene rings is 1. The molecule has 1 aromatic carbocycles. The molecule has 0 fully saturated rings. The van der Waals surface area contributed by atoms with Crippen LogP contribution in [0.25, 0.3) is 0 Å². The molecule has 2 aromatic heterocycles. The van der Waals surface area contributed by atoms with Gasteiger partial charge in [0, 0.05) is 37.9 Å². The molecule has 0 amide bonds. The van der Waals surface area contributed by atoms with E-state index < -0.39 is 0 Å². The Bertz CT molecular complexity index is 727. The van der Waals surface area contributed by atoms with E-state index in [0.717, 1.165) is 24.7 Å². The SMILES string of the molecule is Cc1cc(Cn2ccnc2C)c(C)cc1Cn1ccnc1C. The predicted octanol–water partition coefficient (Wildman–Crippen LogP) is 3.41. The molecule has 0 unspecified atom stereocenters. The van der Waals surface area contributed by atoms with Gasteiger partial charge >= 0.3 is 0 Å². The first-order valence-corrected chi connectivity index (χ1v) is 7.59. The number of imidazole rings is 2. The Kier molecular flexibility index (Phi) is 3.84. The number of rotatable bonds is 4. The number of nitrogens with zero attached hydrogens (tertiary/aromatic N) is 4. The van der Waals surface area contributed by atoms with Crippen LogP contribution >= 0.6 is 0 Å². The van der Waals surface area contributed by atoms with Crippen LogP contribution in [0.1, 0.15) is 33.9 Å². The van der Waals surface area contributed by atoms with Crippen LogP contribution in [-0.2, 0) is 13.1 Å². The van der Waals surface area contributed by atoms with Crippen molar-refractivity contribution in [2.24, 2.45) is 0 Å². The van der Waals surface area contributed by atoms with Crippen molar-refractivity contribution in [1.82, 2.24) is 19.1 Å². The van der Waals surface area contributed by atoms with Crippen LogP contribution in [-0.4, -0.2) is 19.1 Å². The Morgan fingerprint density at radius 2 is 1.14 bits per heavy atom. The van der Waals surface area contributed by atoms with Gasteiger partial charge in [-0.1, -0.05) is 12.1 Å². The number of hydrogen-bond acceptors (Lipinski definition) is 2. The lowest BCUT2D eigenvalue weighted by molar-refractivity contribution is 0.743. The smallest absolute Gasteiger partial charge is 0.105 e. The maximum absolute atomic E-state index is 4.29. The Labute approximate surface area is 131 Å². The van der Waals surface area contributed by atoms with Crippen LogP contribution in [0.5, 0.6) is 0 Å². The Balaban J connectivity index is 1.88. The third kappa shape index (κ3) is 2.82. The van der Waals surface area contributed by atoms with Crippen molar-refractivity contribution < 1.29 is 0 Å². The van der Waals surface area contributed by atoms with Gasteiger partial charge in [0.1, 0.15) is 11.6 Å². The highest BCUT2D eigenvalue weighted by Gasteiger charge is 2.08. The molecule has 0 aliphatic carbocycles. The fourth-order valence-electron chi connectivity index (χ4n) is 2.79. The van der Waals surface area contributed by atoms with E-state index in [1.165, 1.54) is 22.3 Å². The molecule has 4 nitrogen and oxygen atoms in total. The van der Waals surface area contributed by atoms with Gasteiger partial charge in [0.25, 0.3) is 0 Å². The van der Waals surface area contributed by atoms with Crippen LogP contribution in [0.15, 0.2) is 36.9 Å². The van der Waals surface area contributed by atoms with Crippen molar-refractivity contribution in [3.05, 3.63) is 70.8 Å². The topological polar surface area (TPSA) is 35.6 Å². The van der Waals surface area contributed by atoms with Gasteiger partial charge in [-0.15, -0.1) is 0 Å². The van der Waals surface area contributed by atoms with Gasteiger partial charge in [0.05, 0.1) is 0 Å². The molecule has 0 saturated heterocycles. The van der Waals surface area contributed by atoms with E-state index in [-0.39, 0.29) is 0 Å². The lowest BCUT2D eigenvalue weighted by Crippen LogP contribution is -2.07. The highest BCUT2D eigenvalue weighted by molar-refractivity contribution is 5.37. The molecule has 0 atom stereocenters. The van der Waals surface area contributed by atoms with Gasteiger partial charge in [0.2, 0.25) is 0 Å². The lowest BCUT2D eigenvalue weighted by atomic mass is 9.99. The monoisotopic (exact) mass is 294 g/mol. The molecule has 22 heavy (non-hydrogen) atoms. The maximum Gasteiger partial charge on any atom is 0.105 e. The van der Waals surface area contributed by atoms with Gasteiger partial charge < -0.3 is 9.13 Å². The quantitative estimate of drug-likeness (QED) is 0.739. The minimum atomic E-state index is 0.878. The van der Waals surface area contributed by atoms with Crippen molar-refractivity contribution >= 4 is 0 Å². The van der Waals surface area contributed by atoms with Gasteiger partial charge in [0.15, 0.2) is 0 Å². The minimum absolute atomic E-state index is 0.878. The van der Waals surface area contributed by atoms with Crippen LogP contribution in [0.2, 0.25) is 0 Å². The van der Waals surface area contributed by atoms with Crippen molar-refractivity contribution in [3.63, 3.8) is 0 Å². The van der Waals surface area contributed by atoms with Crippen LogP contribution in [0.3, 0.4) is 0 Å². The average molecular weight is 294 g/mol. The Hall–Kier alpha value is -2.36. The van der Waals surface area contributed by atoms with E-state index in [2.05, 4.69) is 45.1 Å². The molecule has 0 N–H and O–H groups in total. The predicted molar refractivity (Wildman–Crippen MR) is 88.0 cm³/mol. The van der Waals surface area contributed by atoms with Gasteiger partial charge in [-0.25, -0.2) is 9.97 Å². The second kappa shape index (κ2) is 5.79. The number of aryl methyl sites for hydroxylation is 4. The second-order valence-corrected chi connectivity index (χ2v) is 5.91. The highest BCUT2D eigenvalue weighted by Crippen LogP contribution is 2.19. The summed E-state index contributed by atoms with van der Waals surface area (Å²) in [6, 6.07) is 4.60. The lowest BCUT2D eigenvalue weighted by Gasteiger charge is -2.14. The summed E-state index contributed by atoms with van der Waals surface area (Å²) < 4.78 is 4.36. The molecule has 0 spiro atoms. The van der Waals surface area contributed by atoms with E-state index in [9.17, 15) is 0 Å². The van der Waals surface area contributed by atoms with Crippen LogP contribution in [0, 0.1) is 27.7 Å². The summed E-state index contributed by atoms with van der Waals surface area (Å²) in [5.41, 5.74) is 5.35. The maximum atomic E-state index is 4.29. The normalized spacial score (nSPS) is 11.1.